The zero-order chi connectivity index (χ0) is 22.1. The van der Waals surface area contributed by atoms with E-state index in [1.54, 1.807) is 24.3 Å². The van der Waals surface area contributed by atoms with Crippen LogP contribution < -0.4 is 10.9 Å². The topological polar surface area (TPSA) is 101 Å². The van der Waals surface area contributed by atoms with Gasteiger partial charge in [0, 0.05) is 15.4 Å². The number of carbonyl (C=O) groups excluding carboxylic acids is 1. The standard InChI is InChI=1S/C22H16BrN3O4S/c1-12-5-4-6-13(9-12)19-25-20-18(14(11-31-20)22(29)30)21(28)26(19)10-17(27)24-16-8-3-2-7-15(16)23/h2-9,11H,10H2,1H3,(H,24,27)(H,29,30). The summed E-state index contributed by atoms with van der Waals surface area (Å²) in [6.07, 6.45) is 0. The van der Waals surface area contributed by atoms with Crippen LogP contribution in [-0.2, 0) is 11.3 Å². The Hall–Kier alpha value is -3.30. The number of thiophene rings is 1. The number of benzene rings is 2. The summed E-state index contributed by atoms with van der Waals surface area (Å²) < 4.78 is 1.93. The predicted molar refractivity (Wildman–Crippen MR) is 124 cm³/mol. The number of halogens is 1. The highest BCUT2D eigenvalue weighted by Crippen LogP contribution is 2.26. The lowest BCUT2D eigenvalue weighted by Gasteiger charge is -2.14. The van der Waals surface area contributed by atoms with E-state index in [-0.39, 0.29) is 17.5 Å². The molecule has 0 saturated carbocycles. The van der Waals surface area contributed by atoms with Crippen molar-refractivity contribution in [2.24, 2.45) is 0 Å². The fourth-order valence-electron chi connectivity index (χ4n) is 3.23. The molecule has 0 radical (unpaired) electrons. The molecular formula is C22H16BrN3O4S. The Morgan fingerprint density at radius 1 is 1.19 bits per heavy atom. The highest BCUT2D eigenvalue weighted by atomic mass is 79.9. The number of amides is 1. The van der Waals surface area contributed by atoms with Crippen LogP contribution in [-0.4, -0.2) is 26.5 Å². The third-order valence-electron chi connectivity index (χ3n) is 4.65. The molecule has 0 unspecified atom stereocenters. The number of nitrogens with zero attached hydrogens (tertiary/aromatic N) is 2. The molecule has 2 aromatic carbocycles. The minimum Gasteiger partial charge on any atom is -0.478 e. The number of aromatic carboxylic acids is 1. The summed E-state index contributed by atoms with van der Waals surface area (Å²) in [5.74, 6) is -1.34. The minimum atomic E-state index is -1.21. The molecule has 0 bridgehead atoms. The van der Waals surface area contributed by atoms with Crippen LogP contribution in [0, 0.1) is 6.92 Å². The molecule has 4 aromatic rings. The van der Waals surface area contributed by atoms with Crippen molar-refractivity contribution in [3.05, 3.63) is 79.9 Å². The molecule has 0 aliphatic rings. The Labute approximate surface area is 189 Å². The molecule has 2 aromatic heterocycles. The number of rotatable bonds is 5. The van der Waals surface area contributed by atoms with Crippen LogP contribution in [0.15, 0.2) is 63.2 Å². The van der Waals surface area contributed by atoms with Gasteiger partial charge < -0.3 is 10.4 Å². The molecule has 0 spiro atoms. The minimum absolute atomic E-state index is 0.00240. The van der Waals surface area contributed by atoms with Gasteiger partial charge in [-0.15, -0.1) is 11.3 Å². The average Bonchev–Trinajstić information content (AvgIpc) is 3.16. The molecule has 156 valence electrons. The highest BCUT2D eigenvalue weighted by Gasteiger charge is 2.22. The number of aryl methyl sites for hydroxylation is 1. The number of carboxylic acid groups (broad SMARTS) is 1. The second-order valence-electron chi connectivity index (χ2n) is 6.86. The average molecular weight is 498 g/mol. The van der Waals surface area contributed by atoms with Gasteiger partial charge >= 0.3 is 5.97 Å². The van der Waals surface area contributed by atoms with E-state index < -0.39 is 17.4 Å². The number of carboxylic acids is 1. The largest absolute Gasteiger partial charge is 0.478 e. The van der Waals surface area contributed by atoms with Crippen LogP contribution in [0.2, 0.25) is 0 Å². The third kappa shape index (κ3) is 4.14. The van der Waals surface area contributed by atoms with E-state index in [9.17, 15) is 19.5 Å². The normalized spacial score (nSPS) is 10.9. The summed E-state index contributed by atoms with van der Waals surface area (Å²) in [4.78, 5) is 42.6. The van der Waals surface area contributed by atoms with Gasteiger partial charge in [0.2, 0.25) is 5.91 Å². The first-order valence-electron chi connectivity index (χ1n) is 9.22. The van der Waals surface area contributed by atoms with Crippen LogP contribution in [0.5, 0.6) is 0 Å². The Bertz CT molecular complexity index is 1390. The van der Waals surface area contributed by atoms with Crippen molar-refractivity contribution >= 4 is 55.0 Å². The maximum atomic E-state index is 13.3. The Morgan fingerprint density at radius 2 is 1.97 bits per heavy atom. The summed E-state index contributed by atoms with van der Waals surface area (Å²) in [6.45, 7) is 1.60. The fourth-order valence-corrected chi connectivity index (χ4v) is 4.52. The molecule has 0 saturated heterocycles. The number of fused-ring (bicyclic) bond motifs is 1. The maximum absolute atomic E-state index is 13.3. The number of hydrogen-bond donors (Lipinski definition) is 2. The monoisotopic (exact) mass is 497 g/mol. The summed E-state index contributed by atoms with van der Waals surface area (Å²) in [5, 5.41) is 13.6. The second kappa shape index (κ2) is 8.44. The fraction of sp³-hybridized carbons (Fsp3) is 0.0909. The number of anilines is 1. The van der Waals surface area contributed by atoms with Gasteiger partial charge in [0.25, 0.3) is 5.56 Å². The molecule has 9 heteroatoms. The van der Waals surface area contributed by atoms with Crippen molar-refractivity contribution in [2.75, 3.05) is 5.32 Å². The van der Waals surface area contributed by atoms with Crippen LogP contribution in [0.25, 0.3) is 21.6 Å². The lowest BCUT2D eigenvalue weighted by Crippen LogP contribution is -2.30. The molecule has 0 aliphatic carbocycles. The van der Waals surface area contributed by atoms with Gasteiger partial charge in [-0.2, -0.15) is 0 Å². The van der Waals surface area contributed by atoms with Gasteiger partial charge in [-0.05, 0) is 41.1 Å². The van der Waals surface area contributed by atoms with E-state index in [1.165, 1.54) is 9.95 Å². The maximum Gasteiger partial charge on any atom is 0.337 e. The Balaban J connectivity index is 1.85. The first kappa shape index (κ1) is 21.0. The van der Waals surface area contributed by atoms with E-state index in [0.717, 1.165) is 16.9 Å². The molecule has 31 heavy (non-hydrogen) atoms. The van der Waals surface area contributed by atoms with Gasteiger partial charge in [0.15, 0.2) is 0 Å². The quantitative estimate of drug-likeness (QED) is 0.421. The van der Waals surface area contributed by atoms with Crippen LogP contribution in [0.3, 0.4) is 0 Å². The SMILES string of the molecule is Cc1cccc(-c2nc3scc(C(=O)O)c3c(=O)n2CC(=O)Nc2ccccc2Br)c1. The van der Waals surface area contributed by atoms with Crippen molar-refractivity contribution in [1.82, 2.24) is 9.55 Å². The molecular weight excluding hydrogens is 482 g/mol. The number of nitrogens with one attached hydrogen (secondary N) is 1. The van der Waals surface area contributed by atoms with Gasteiger partial charge in [0.05, 0.1) is 16.6 Å². The number of carbonyl (C=O) groups is 2. The first-order chi connectivity index (χ1) is 14.8. The lowest BCUT2D eigenvalue weighted by atomic mass is 10.1. The van der Waals surface area contributed by atoms with E-state index in [0.29, 0.717) is 26.4 Å². The van der Waals surface area contributed by atoms with E-state index >= 15 is 0 Å². The summed E-state index contributed by atoms with van der Waals surface area (Å²) in [5.41, 5.74) is 1.51. The smallest absolute Gasteiger partial charge is 0.337 e. The van der Waals surface area contributed by atoms with Gasteiger partial charge in [-0.25, -0.2) is 9.78 Å². The number of hydrogen-bond acceptors (Lipinski definition) is 5. The van der Waals surface area contributed by atoms with Crippen molar-refractivity contribution in [3.63, 3.8) is 0 Å². The second-order valence-corrected chi connectivity index (χ2v) is 8.57. The third-order valence-corrected chi connectivity index (χ3v) is 6.21. The Kier molecular flexibility index (Phi) is 5.71. The highest BCUT2D eigenvalue weighted by molar-refractivity contribution is 9.10. The molecule has 0 atom stereocenters. The van der Waals surface area contributed by atoms with E-state index in [2.05, 4.69) is 26.2 Å². The number of aromatic nitrogens is 2. The van der Waals surface area contributed by atoms with Crippen molar-refractivity contribution in [1.29, 1.82) is 0 Å². The molecule has 0 fully saturated rings. The first-order valence-corrected chi connectivity index (χ1v) is 10.9. The predicted octanol–water partition coefficient (Wildman–Crippen LogP) is 4.53. The van der Waals surface area contributed by atoms with Gasteiger partial charge in [-0.1, -0.05) is 35.9 Å². The zero-order valence-corrected chi connectivity index (χ0v) is 18.7. The molecule has 1 amide bonds. The molecule has 2 N–H and O–H groups in total. The van der Waals surface area contributed by atoms with Crippen LogP contribution in [0.4, 0.5) is 5.69 Å². The van der Waals surface area contributed by atoms with Crippen LogP contribution >= 0.6 is 27.3 Å². The van der Waals surface area contributed by atoms with Gasteiger partial charge in [0.1, 0.15) is 17.2 Å². The lowest BCUT2D eigenvalue weighted by molar-refractivity contribution is -0.116. The molecule has 2 heterocycles. The van der Waals surface area contributed by atoms with E-state index in [4.69, 9.17) is 0 Å². The Morgan fingerprint density at radius 3 is 2.68 bits per heavy atom. The molecule has 7 nitrogen and oxygen atoms in total. The zero-order valence-electron chi connectivity index (χ0n) is 16.3. The van der Waals surface area contributed by atoms with E-state index in [1.807, 2.05) is 31.2 Å². The summed E-state index contributed by atoms with van der Waals surface area (Å²) in [6, 6.07) is 14.5. The molecule has 0 aliphatic heterocycles. The number of para-hydroxylation sites is 1. The van der Waals surface area contributed by atoms with Gasteiger partial charge in [-0.3, -0.25) is 14.2 Å². The van der Waals surface area contributed by atoms with Crippen molar-refractivity contribution < 1.29 is 14.7 Å². The summed E-state index contributed by atoms with van der Waals surface area (Å²) >= 11 is 4.47. The van der Waals surface area contributed by atoms with Crippen molar-refractivity contribution in [2.45, 2.75) is 13.5 Å². The van der Waals surface area contributed by atoms with Crippen LogP contribution in [0.1, 0.15) is 15.9 Å². The molecule has 4 rings (SSSR count). The summed E-state index contributed by atoms with van der Waals surface area (Å²) in [7, 11) is 0. The van der Waals surface area contributed by atoms with Crippen molar-refractivity contribution in [3.8, 4) is 11.4 Å².